The number of rotatable bonds is 10. The first kappa shape index (κ1) is 30.3. The molecule has 2 aromatic heterocycles. The first-order chi connectivity index (χ1) is 16.8. The maximum Gasteiger partial charge on any atom is 0.135 e. The highest BCUT2D eigenvalue weighted by Crippen LogP contribution is 2.24. The number of benzene rings is 2. The third-order valence-corrected chi connectivity index (χ3v) is 5.87. The van der Waals surface area contributed by atoms with Crippen molar-refractivity contribution in [2.24, 2.45) is 21.5 Å². The van der Waals surface area contributed by atoms with Gasteiger partial charge in [0.15, 0.2) is 0 Å². The molecule has 4 N–H and O–H groups in total. The van der Waals surface area contributed by atoms with E-state index in [2.05, 4.69) is 34.3 Å². The number of amidine groups is 2. The molecule has 0 unspecified atom stereocenters. The summed E-state index contributed by atoms with van der Waals surface area (Å²) in [6, 6.07) is 16.7. The zero-order valence-electron chi connectivity index (χ0n) is 22.0. The molecule has 0 atom stereocenters. The van der Waals surface area contributed by atoms with Gasteiger partial charge in [-0.15, -0.1) is 24.8 Å². The van der Waals surface area contributed by atoms with Crippen molar-refractivity contribution >= 4 is 58.4 Å². The van der Waals surface area contributed by atoms with E-state index < -0.39 is 0 Å². The van der Waals surface area contributed by atoms with Crippen LogP contribution >= 0.6 is 24.8 Å². The van der Waals surface area contributed by atoms with Crippen LogP contribution in [0.3, 0.4) is 0 Å². The molecule has 0 amide bonds. The molecule has 0 aliphatic rings. The molecular formula is C29H38Cl2N4O2. The molecule has 6 nitrogen and oxygen atoms in total. The van der Waals surface area contributed by atoms with Gasteiger partial charge in [-0.3, -0.25) is 9.98 Å². The van der Waals surface area contributed by atoms with Crippen LogP contribution in [0.1, 0.15) is 69.6 Å². The Morgan fingerprint density at radius 1 is 0.649 bits per heavy atom. The van der Waals surface area contributed by atoms with Crippen LogP contribution in [-0.4, -0.2) is 23.8 Å². The number of furan rings is 2. The van der Waals surface area contributed by atoms with E-state index in [1.54, 1.807) is 0 Å². The van der Waals surface area contributed by atoms with Gasteiger partial charge in [0.1, 0.15) is 34.4 Å². The number of nitrogens with zero attached hydrogens (tertiary/aromatic N) is 2. The molecule has 200 valence electrons. The van der Waals surface area contributed by atoms with Crippen LogP contribution in [0.4, 0.5) is 0 Å². The minimum atomic E-state index is 0. The highest BCUT2D eigenvalue weighted by Gasteiger charge is 2.09. The Balaban J connectivity index is 0.00000241. The lowest BCUT2D eigenvalue weighted by atomic mass is 10.1. The third kappa shape index (κ3) is 8.01. The number of unbranched alkanes of at least 4 members (excludes halogenated alkanes) is 2. The average molecular weight is 546 g/mol. The highest BCUT2D eigenvalue weighted by atomic mass is 35.5. The molecule has 0 aliphatic heterocycles. The van der Waals surface area contributed by atoms with Crippen LogP contribution in [0.2, 0.25) is 0 Å². The maximum absolute atomic E-state index is 6.11. The van der Waals surface area contributed by atoms with Gasteiger partial charge in [0.05, 0.1) is 0 Å². The number of hydrogen-bond donors (Lipinski definition) is 2. The molecule has 4 rings (SSSR count). The first-order valence-corrected chi connectivity index (χ1v) is 12.5. The van der Waals surface area contributed by atoms with E-state index >= 15 is 0 Å². The van der Waals surface area contributed by atoms with Gasteiger partial charge in [-0.05, 0) is 64.8 Å². The molecule has 2 aromatic carbocycles. The summed E-state index contributed by atoms with van der Waals surface area (Å²) in [6.45, 7) is 8.06. The number of hydrogen-bond acceptors (Lipinski definition) is 4. The Bertz CT molecular complexity index is 1270. The van der Waals surface area contributed by atoms with E-state index in [0.29, 0.717) is 11.7 Å². The quantitative estimate of drug-likeness (QED) is 0.125. The summed E-state index contributed by atoms with van der Waals surface area (Å²) in [5.74, 6) is 3.12. The van der Waals surface area contributed by atoms with Crippen molar-refractivity contribution in [2.75, 3.05) is 0 Å². The summed E-state index contributed by atoms with van der Waals surface area (Å²) in [7, 11) is 0. The zero-order valence-corrected chi connectivity index (χ0v) is 23.6. The lowest BCUT2D eigenvalue weighted by molar-refractivity contribution is 0.509. The highest BCUT2D eigenvalue weighted by molar-refractivity contribution is 6.01. The second kappa shape index (κ2) is 13.5. The van der Waals surface area contributed by atoms with Gasteiger partial charge in [-0.2, -0.15) is 0 Å². The van der Waals surface area contributed by atoms with Crippen molar-refractivity contribution < 1.29 is 8.83 Å². The van der Waals surface area contributed by atoms with E-state index in [1.165, 1.54) is 0 Å². The predicted molar refractivity (Wildman–Crippen MR) is 160 cm³/mol. The zero-order chi connectivity index (χ0) is 24.9. The van der Waals surface area contributed by atoms with Crippen molar-refractivity contribution in [1.29, 1.82) is 0 Å². The summed E-state index contributed by atoms with van der Waals surface area (Å²) in [5.41, 5.74) is 15.7. The number of halogens is 2. The van der Waals surface area contributed by atoms with Crippen LogP contribution < -0.4 is 11.5 Å². The lowest BCUT2D eigenvalue weighted by Gasteiger charge is -2.03. The number of nitrogens with two attached hydrogens (primary N) is 2. The molecular weight excluding hydrogens is 507 g/mol. The van der Waals surface area contributed by atoms with Crippen LogP contribution in [0.5, 0.6) is 0 Å². The molecule has 0 saturated carbocycles. The van der Waals surface area contributed by atoms with Crippen molar-refractivity contribution in [3.05, 3.63) is 71.2 Å². The molecule has 0 saturated heterocycles. The van der Waals surface area contributed by atoms with Crippen molar-refractivity contribution in [2.45, 2.75) is 71.9 Å². The summed E-state index contributed by atoms with van der Waals surface area (Å²) >= 11 is 0. The molecule has 0 spiro atoms. The smallest absolute Gasteiger partial charge is 0.135 e. The van der Waals surface area contributed by atoms with Crippen molar-refractivity contribution in [1.82, 2.24) is 0 Å². The molecule has 0 bridgehead atoms. The molecule has 0 radical (unpaired) electrons. The summed E-state index contributed by atoms with van der Waals surface area (Å²) in [6.07, 6.45) is 5.06. The normalized spacial score (nSPS) is 12.4. The van der Waals surface area contributed by atoms with Gasteiger partial charge in [0, 0.05) is 46.8 Å². The monoisotopic (exact) mass is 544 g/mol. The molecule has 0 fully saturated rings. The summed E-state index contributed by atoms with van der Waals surface area (Å²) < 4.78 is 12.1. The van der Waals surface area contributed by atoms with E-state index in [9.17, 15) is 0 Å². The van der Waals surface area contributed by atoms with Crippen molar-refractivity contribution in [3.8, 4) is 0 Å². The van der Waals surface area contributed by atoms with E-state index in [4.69, 9.17) is 20.3 Å². The second-order valence-corrected chi connectivity index (χ2v) is 9.71. The van der Waals surface area contributed by atoms with Gasteiger partial charge in [0.25, 0.3) is 0 Å². The standard InChI is InChI=1S/C29H36N4O2.2ClH/c1-18(2)32-28(30)22-12-10-20-14-24(34-26(20)16-22)8-6-5-7-9-25-15-21-11-13-23(17-27(21)35-25)29(31)33-19(3)4;;/h10-19H,5-9H2,1-4H3,(H2,30,32)(H2,31,33);2*1H. The Hall–Kier alpha value is -2.96. The Morgan fingerprint density at radius 2 is 1.05 bits per heavy atom. The maximum atomic E-state index is 6.11. The number of aryl methyl sites for hydroxylation is 2. The van der Waals surface area contributed by atoms with Crippen LogP contribution in [0.25, 0.3) is 21.9 Å². The van der Waals surface area contributed by atoms with E-state index in [0.717, 1.165) is 76.7 Å². The minimum Gasteiger partial charge on any atom is -0.461 e. The Labute approximate surface area is 231 Å². The largest absolute Gasteiger partial charge is 0.461 e. The topological polar surface area (TPSA) is 103 Å². The first-order valence-electron chi connectivity index (χ1n) is 12.5. The van der Waals surface area contributed by atoms with Crippen LogP contribution in [0, 0.1) is 0 Å². The van der Waals surface area contributed by atoms with Gasteiger partial charge in [0.2, 0.25) is 0 Å². The average Bonchev–Trinajstić information content (AvgIpc) is 3.39. The number of aliphatic imine (C=N–C) groups is 2. The second-order valence-electron chi connectivity index (χ2n) is 9.71. The molecule has 4 aromatic rings. The molecule has 8 heteroatoms. The summed E-state index contributed by atoms with van der Waals surface area (Å²) in [4.78, 5) is 8.85. The van der Waals surface area contributed by atoms with Crippen molar-refractivity contribution in [3.63, 3.8) is 0 Å². The molecule has 37 heavy (non-hydrogen) atoms. The fourth-order valence-electron chi connectivity index (χ4n) is 4.22. The number of fused-ring (bicyclic) bond motifs is 2. The van der Waals surface area contributed by atoms with Crippen LogP contribution in [-0.2, 0) is 12.8 Å². The fraction of sp³-hybridized carbons (Fsp3) is 0.379. The Kier molecular flexibility index (Phi) is 11.1. The SMILES string of the molecule is CC(C)N=C(N)c1ccc2cc(CCCCCc3cc4ccc(C(N)=NC(C)C)cc4o3)oc2c1.Cl.Cl. The predicted octanol–water partition coefficient (Wildman–Crippen LogP) is 7.21. The van der Waals surface area contributed by atoms with E-state index in [-0.39, 0.29) is 36.9 Å². The third-order valence-electron chi connectivity index (χ3n) is 5.87. The fourth-order valence-corrected chi connectivity index (χ4v) is 4.22. The minimum absolute atomic E-state index is 0. The molecule has 0 aliphatic carbocycles. The van der Waals surface area contributed by atoms with Crippen LogP contribution in [0.15, 0.2) is 67.4 Å². The Morgan fingerprint density at radius 3 is 1.43 bits per heavy atom. The van der Waals surface area contributed by atoms with Gasteiger partial charge in [-0.1, -0.05) is 30.7 Å². The summed E-state index contributed by atoms with van der Waals surface area (Å²) in [5, 5.41) is 2.20. The van der Waals surface area contributed by atoms with E-state index in [1.807, 2.05) is 52.0 Å². The van der Waals surface area contributed by atoms with Gasteiger partial charge in [-0.25, -0.2) is 0 Å². The lowest BCUT2D eigenvalue weighted by Crippen LogP contribution is -2.15. The van der Waals surface area contributed by atoms with Gasteiger partial charge >= 0.3 is 0 Å². The molecule has 2 heterocycles. The van der Waals surface area contributed by atoms with Gasteiger partial charge < -0.3 is 20.3 Å².